The second-order valence-electron chi connectivity index (χ2n) is 6.34. The van der Waals surface area contributed by atoms with E-state index in [2.05, 4.69) is 11.2 Å². The third-order valence-corrected chi connectivity index (χ3v) is 4.67. The number of hydrogen-bond donors (Lipinski definition) is 1. The molecule has 4 rings (SSSR count). The van der Waals surface area contributed by atoms with Crippen molar-refractivity contribution in [3.8, 4) is 17.6 Å². The topological polar surface area (TPSA) is 163 Å². The van der Waals surface area contributed by atoms with Gasteiger partial charge in [-0.05, 0) is 11.6 Å². The number of fused-ring (bicyclic) bond motifs is 1. The molecule has 11 heteroatoms. The number of nitrogens with zero attached hydrogens (tertiary/aromatic N) is 5. The van der Waals surface area contributed by atoms with E-state index in [9.17, 15) is 25.5 Å². The first-order valence-corrected chi connectivity index (χ1v) is 8.56. The van der Waals surface area contributed by atoms with Crippen molar-refractivity contribution in [1.29, 1.82) is 5.26 Å². The fraction of sp³-hybridized carbons (Fsp3) is 0.0526. The Labute approximate surface area is 168 Å². The van der Waals surface area contributed by atoms with Crippen molar-refractivity contribution in [2.24, 2.45) is 5.73 Å². The average Bonchev–Trinajstić information content (AvgIpc) is 3.15. The van der Waals surface area contributed by atoms with Gasteiger partial charge in [0.1, 0.15) is 17.3 Å². The largest absolute Gasteiger partial charge is 0.422 e. The van der Waals surface area contributed by atoms with E-state index in [-0.39, 0.29) is 23.0 Å². The molecule has 1 unspecified atom stereocenters. The molecular weight excluding hydrogens is 392 g/mol. The van der Waals surface area contributed by atoms with Crippen molar-refractivity contribution >= 4 is 11.4 Å². The second kappa shape index (κ2) is 7.02. The minimum absolute atomic E-state index is 0.0353. The quantitative estimate of drug-likeness (QED) is 0.512. The van der Waals surface area contributed by atoms with Crippen LogP contribution in [0.1, 0.15) is 17.0 Å². The number of non-ortho nitro benzene ring substituents is 1. The van der Waals surface area contributed by atoms with Gasteiger partial charge in [0.2, 0.25) is 11.8 Å². The maximum Gasteiger partial charge on any atom is 0.301 e. The SMILES string of the molecule is N#CC1=C(N)Oc2c(cnn2-c2ccc([N+](=O)[O-])cc2[N+](=O)[O-])C1c1ccccc1. The highest BCUT2D eigenvalue weighted by molar-refractivity contribution is 5.61. The molecule has 0 radical (unpaired) electrons. The lowest BCUT2D eigenvalue weighted by Crippen LogP contribution is -2.21. The lowest BCUT2D eigenvalue weighted by molar-refractivity contribution is -0.394. The number of nitriles is 1. The van der Waals surface area contributed by atoms with Crippen molar-refractivity contribution in [1.82, 2.24) is 9.78 Å². The molecule has 3 aromatic rings. The highest BCUT2D eigenvalue weighted by Crippen LogP contribution is 2.43. The summed E-state index contributed by atoms with van der Waals surface area (Å²) in [5.74, 6) is -0.631. The summed E-state index contributed by atoms with van der Waals surface area (Å²) in [6, 6.07) is 14.3. The Kier molecular flexibility index (Phi) is 4.36. The summed E-state index contributed by atoms with van der Waals surface area (Å²) in [6.45, 7) is 0. The molecule has 2 aromatic carbocycles. The Morgan fingerprint density at radius 1 is 1.13 bits per heavy atom. The molecule has 1 aliphatic heterocycles. The monoisotopic (exact) mass is 404 g/mol. The van der Waals surface area contributed by atoms with E-state index in [0.29, 0.717) is 5.56 Å². The molecule has 2 heterocycles. The van der Waals surface area contributed by atoms with E-state index in [1.54, 1.807) is 12.1 Å². The molecule has 1 atom stereocenters. The van der Waals surface area contributed by atoms with Crippen molar-refractivity contribution in [2.45, 2.75) is 5.92 Å². The van der Waals surface area contributed by atoms with Crippen LogP contribution in [0, 0.1) is 31.6 Å². The number of aromatic nitrogens is 2. The van der Waals surface area contributed by atoms with Crippen LogP contribution in [-0.4, -0.2) is 19.6 Å². The van der Waals surface area contributed by atoms with Gasteiger partial charge >= 0.3 is 5.69 Å². The normalized spacial score (nSPS) is 15.1. The molecular formula is C19H12N6O5. The number of nitro benzene ring substituents is 2. The zero-order chi connectivity index (χ0) is 21.4. The zero-order valence-electron chi connectivity index (χ0n) is 15.1. The lowest BCUT2D eigenvalue weighted by atomic mass is 9.86. The first-order chi connectivity index (χ1) is 14.4. The van der Waals surface area contributed by atoms with Gasteiger partial charge in [-0.3, -0.25) is 20.2 Å². The van der Waals surface area contributed by atoms with E-state index in [0.717, 1.165) is 22.4 Å². The first kappa shape index (κ1) is 18.6. The Morgan fingerprint density at radius 3 is 2.50 bits per heavy atom. The lowest BCUT2D eigenvalue weighted by Gasteiger charge is -2.24. The molecule has 11 nitrogen and oxygen atoms in total. The van der Waals surface area contributed by atoms with Crippen LogP contribution in [0.2, 0.25) is 0 Å². The van der Waals surface area contributed by atoms with Gasteiger partial charge in [-0.1, -0.05) is 30.3 Å². The fourth-order valence-electron chi connectivity index (χ4n) is 3.34. The van der Waals surface area contributed by atoms with E-state index in [4.69, 9.17) is 10.5 Å². The van der Waals surface area contributed by atoms with Crippen molar-refractivity contribution in [2.75, 3.05) is 0 Å². The van der Waals surface area contributed by atoms with Crippen LogP contribution in [-0.2, 0) is 0 Å². The number of nitro groups is 2. The highest BCUT2D eigenvalue weighted by atomic mass is 16.6. The molecule has 0 spiro atoms. The van der Waals surface area contributed by atoms with Gasteiger partial charge < -0.3 is 10.5 Å². The minimum Gasteiger partial charge on any atom is -0.422 e. The van der Waals surface area contributed by atoms with Gasteiger partial charge in [-0.15, -0.1) is 0 Å². The van der Waals surface area contributed by atoms with Gasteiger partial charge in [0.25, 0.3) is 5.69 Å². The number of ether oxygens (including phenoxy) is 1. The molecule has 0 amide bonds. The Balaban J connectivity index is 1.92. The van der Waals surface area contributed by atoms with E-state index < -0.39 is 27.1 Å². The summed E-state index contributed by atoms with van der Waals surface area (Å²) in [6.07, 6.45) is 1.43. The summed E-state index contributed by atoms with van der Waals surface area (Å²) >= 11 is 0. The summed E-state index contributed by atoms with van der Waals surface area (Å²) in [4.78, 5) is 21.1. The van der Waals surface area contributed by atoms with Crippen LogP contribution < -0.4 is 10.5 Å². The molecule has 30 heavy (non-hydrogen) atoms. The Bertz CT molecular complexity index is 1260. The smallest absolute Gasteiger partial charge is 0.301 e. The van der Waals surface area contributed by atoms with Gasteiger partial charge in [0, 0.05) is 11.6 Å². The molecule has 2 N–H and O–H groups in total. The molecule has 1 aliphatic rings. The van der Waals surface area contributed by atoms with Crippen LogP contribution in [0.5, 0.6) is 5.88 Å². The molecule has 1 aromatic heterocycles. The standard InChI is InChI=1S/C19H12N6O5/c20-9-13-17(11-4-2-1-3-5-11)14-10-22-23(19(14)30-18(13)21)15-7-6-12(24(26)27)8-16(15)25(28)29/h1-8,10,17H,21H2. The van der Waals surface area contributed by atoms with Crippen LogP contribution >= 0.6 is 0 Å². The minimum atomic E-state index is -0.742. The molecule has 148 valence electrons. The third-order valence-electron chi connectivity index (χ3n) is 4.67. The van der Waals surface area contributed by atoms with Gasteiger partial charge in [0.15, 0.2) is 0 Å². The van der Waals surface area contributed by atoms with Crippen molar-refractivity contribution < 1.29 is 14.6 Å². The van der Waals surface area contributed by atoms with Crippen LogP contribution in [0.3, 0.4) is 0 Å². The molecule has 0 saturated carbocycles. The zero-order valence-corrected chi connectivity index (χ0v) is 15.1. The van der Waals surface area contributed by atoms with E-state index >= 15 is 0 Å². The summed E-state index contributed by atoms with van der Waals surface area (Å²) in [5.41, 5.74) is 6.42. The number of nitrogens with two attached hydrogens (primary N) is 1. The van der Waals surface area contributed by atoms with Gasteiger partial charge in [-0.2, -0.15) is 15.0 Å². The van der Waals surface area contributed by atoms with Crippen LogP contribution in [0.25, 0.3) is 5.69 Å². The number of rotatable bonds is 4. The van der Waals surface area contributed by atoms with Crippen molar-refractivity contribution in [3.05, 3.63) is 97.5 Å². The average molecular weight is 404 g/mol. The van der Waals surface area contributed by atoms with E-state index in [1.807, 2.05) is 18.2 Å². The highest BCUT2D eigenvalue weighted by Gasteiger charge is 2.35. The van der Waals surface area contributed by atoms with E-state index in [1.165, 1.54) is 12.3 Å². The summed E-state index contributed by atoms with van der Waals surface area (Å²) in [5, 5.41) is 36.3. The van der Waals surface area contributed by atoms with Crippen LogP contribution in [0.15, 0.2) is 66.2 Å². The summed E-state index contributed by atoms with van der Waals surface area (Å²) < 4.78 is 6.75. The number of benzene rings is 2. The second-order valence-corrected chi connectivity index (χ2v) is 6.34. The maximum atomic E-state index is 11.5. The number of hydrogen-bond acceptors (Lipinski definition) is 8. The van der Waals surface area contributed by atoms with Crippen LogP contribution in [0.4, 0.5) is 11.4 Å². The summed E-state index contributed by atoms with van der Waals surface area (Å²) in [7, 11) is 0. The predicted molar refractivity (Wildman–Crippen MR) is 103 cm³/mol. The Morgan fingerprint density at radius 2 is 1.87 bits per heavy atom. The first-order valence-electron chi connectivity index (χ1n) is 8.56. The maximum absolute atomic E-state index is 11.5. The molecule has 0 fully saturated rings. The Hall–Kier alpha value is -4.72. The predicted octanol–water partition coefficient (Wildman–Crippen LogP) is 2.91. The molecule has 0 saturated heterocycles. The van der Waals surface area contributed by atoms with Gasteiger partial charge in [-0.25, -0.2) is 0 Å². The van der Waals surface area contributed by atoms with Gasteiger partial charge in [0.05, 0.1) is 28.0 Å². The third kappa shape index (κ3) is 2.89. The number of allylic oxidation sites excluding steroid dienone is 1. The molecule has 0 aliphatic carbocycles. The fourth-order valence-corrected chi connectivity index (χ4v) is 3.34. The van der Waals surface area contributed by atoms with Crippen molar-refractivity contribution in [3.63, 3.8) is 0 Å². The molecule has 0 bridgehead atoms.